The summed E-state index contributed by atoms with van der Waals surface area (Å²) < 4.78 is 0. The zero-order chi connectivity index (χ0) is 13.7. The summed E-state index contributed by atoms with van der Waals surface area (Å²) in [6.45, 7) is 5.17. The highest BCUT2D eigenvalue weighted by atomic mass is 35.5. The summed E-state index contributed by atoms with van der Waals surface area (Å²) in [5.41, 5.74) is 1.83. The van der Waals surface area contributed by atoms with Crippen LogP contribution in [-0.4, -0.2) is 42.8 Å². The standard InChI is InChI=1S/C15H20N2O2.ClH/c1-12-2-4-13(5-3-12)14(18)6-7-15(19)17-10-8-16-9-11-17;/h2-5,16H,6-11H2,1H3;1H. The molecule has 0 bridgehead atoms. The molecule has 1 aromatic carbocycles. The second-order valence-electron chi connectivity index (χ2n) is 4.92. The maximum absolute atomic E-state index is 12.0. The van der Waals surface area contributed by atoms with Gasteiger partial charge in [-0.05, 0) is 6.92 Å². The number of piperazine rings is 1. The van der Waals surface area contributed by atoms with E-state index in [-0.39, 0.29) is 24.1 Å². The van der Waals surface area contributed by atoms with E-state index in [0.29, 0.717) is 18.4 Å². The van der Waals surface area contributed by atoms with Gasteiger partial charge >= 0.3 is 0 Å². The third-order valence-electron chi connectivity index (χ3n) is 3.41. The smallest absolute Gasteiger partial charge is 0.223 e. The fourth-order valence-corrected chi connectivity index (χ4v) is 2.18. The van der Waals surface area contributed by atoms with Crippen molar-refractivity contribution >= 4 is 24.1 Å². The van der Waals surface area contributed by atoms with Crippen molar-refractivity contribution in [3.05, 3.63) is 35.4 Å². The van der Waals surface area contributed by atoms with Gasteiger partial charge < -0.3 is 10.2 Å². The minimum atomic E-state index is 0. The molecule has 1 heterocycles. The van der Waals surface area contributed by atoms with E-state index in [1.54, 1.807) is 0 Å². The van der Waals surface area contributed by atoms with Gasteiger partial charge in [-0.25, -0.2) is 0 Å². The summed E-state index contributed by atoms with van der Waals surface area (Å²) >= 11 is 0. The van der Waals surface area contributed by atoms with Crippen LogP contribution in [0.2, 0.25) is 0 Å². The van der Waals surface area contributed by atoms with Crippen LogP contribution in [0.3, 0.4) is 0 Å². The number of Topliss-reactive ketones (excluding diaryl/α,β-unsaturated/α-hetero) is 1. The zero-order valence-electron chi connectivity index (χ0n) is 11.7. The van der Waals surface area contributed by atoms with Gasteiger partial charge in [0.15, 0.2) is 5.78 Å². The molecule has 110 valence electrons. The van der Waals surface area contributed by atoms with Crippen LogP contribution in [0, 0.1) is 6.92 Å². The van der Waals surface area contributed by atoms with E-state index < -0.39 is 0 Å². The second-order valence-corrected chi connectivity index (χ2v) is 4.92. The van der Waals surface area contributed by atoms with E-state index in [2.05, 4.69) is 5.32 Å². The summed E-state index contributed by atoms with van der Waals surface area (Å²) in [6.07, 6.45) is 0.610. The molecule has 0 atom stereocenters. The summed E-state index contributed by atoms with van der Waals surface area (Å²) in [7, 11) is 0. The SMILES string of the molecule is Cc1ccc(C(=O)CCC(=O)N2CCNCC2)cc1.Cl. The Morgan fingerprint density at radius 3 is 2.30 bits per heavy atom. The minimum absolute atomic E-state index is 0. The van der Waals surface area contributed by atoms with Crippen LogP contribution in [-0.2, 0) is 4.79 Å². The van der Waals surface area contributed by atoms with Crippen molar-refractivity contribution in [1.29, 1.82) is 0 Å². The Balaban J connectivity index is 0.00000200. The van der Waals surface area contributed by atoms with Crippen molar-refractivity contribution in [1.82, 2.24) is 10.2 Å². The van der Waals surface area contributed by atoms with Gasteiger partial charge in [-0.15, -0.1) is 12.4 Å². The van der Waals surface area contributed by atoms with Crippen molar-refractivity contribution in [3.8, 4) is 0 Å². The van der Waals surface area contributed by atoms with E-state index >= 15 is 0 Å². The first-order valence-corrected chi connectivity index (χ1v) is 6.75. The molecular formula is C15H21ClN2O2. The van der Waals surface area contributed by atoms with E-state index in [9.17, 15) is 9.59 Å². The van der Waals surface area contributed by atoms with E-state index in [4.69, 9.17) is 0 Å². The Morgan fingerprint density at radius 1 is 1.10 bits per heavy atom. The highest BCUT2D eigenvalue weighted by Gasteiger charge is 2.17. The minimum Gasteiger partial charge on any atom is -0.340 e. The molecule has 0 saturated carbocycles. The number of amides is 1. The molecule has 1 aliphatic heterocycles. The Kier molecular flexibility index (Phi) is 6.68. The van der Waals surface area contributed by atoms with Gasteiger partial charge in [0, 0.05) is 44.6 Å². The quantitative estimate of drug-likeness (QED) is 0.862. The molecule has 0 aliphatic carbocycles. The first kappa shape index (κ1) is 16.7. The molecule has 2 rings (SSSR count). The molecule has 4 nitrogen and oxygen atoms in total. The van der Waals surface area contributed by atoms with Crippen LogP contribution >= 0.6 is 12.4 Å². The lowest BCUT2D eigenvalue weighted by Gasteiger charge is -2.27. The first-order chi connectivity index (χ1) is 9.16. The highest BCUT2D eigenvalue weighted by Crippen LogP contribution is 2.09. The molecule has 1 N–H and O–H groups in total. The fraction of sp³-hybridized carbons (Fsp3) is 0.467. The van der Waals surface area contributed by atoms with Crippen molar-refractivity contribution in [2.75, 3.05) is 26.2 Å². The number of halogens is 1. The van der Waals surface area contributed by atoms with E-state index in [0.717, 1.165) is 31.7 Å². The number of carbonyl (C=O) groups excluding carboxylic acids is 2. The molecule has 1 amide bonds. The first-order valence-electron chi connectivity index (χ1n) is 6.75. The number of ketones is 1. The normalized spacial score (nSPS) is 14.6. The molecule has 1 aliphatic rings. The van der Waals surface area contributed by atoms with Crippen molar-refractivity contribution < 1.29 is 9.59 Å². The predicted octanol–water partition coefficient (Wildman–Crippen LogP) is 1.81. The average molecular weight is 297 g/mol. The molecule has 0 unspecified atom stereocenters. The van der Waals surface area contributed by atoms with Gasteiger partial charge in [0.05, 0.1) is 0 Å². The Bertz CT molecular complexity index is 453. The maximum Gasteiger partial charge on any atom is 0.223 e. The Morgan fingerprint density at radius 2 is 1.70 bits per heavy atom. The van der Waals surface area contributed by atoms with Crippen LogP contribution < -0.4 is 5.32 Å². The molecule has 0 aromatic heterocycles. The van der Waals surface area contributed by atoms with Crippen LogP contribution in [0.5, 0.6) is 0 Å². The number of benzene rings is 1. The zero-order valence-corrected chi connectivity index (χ0v) is 12.5. The highest BCUT2D eigenvalue weighted by molar-refractivity contribution is 5.97. The van der Waals surface area contributed by atoms with Crippen LogP contribution in [0.15, 0.2) is 24.3 Å². The fourth-order valence-electron chi connectivity index (χ4n) is 2.18. The number of carbonyl (C=O) groups is 2. The topological polar surface area (TPSA) is 49.4 Å². The number of nitrogens with one attached hydrogen (secondary N) is 1. The van der Waals surface area contributed by atoms with Crippen molar-refractivity contribution in [3.63, 3.8) is 0 Å². The molecule has 0 radical (unpaired) electrons. The molecular weight excluding hydrogens is 276 g/mol. The van der Waals surface area contributed by atoms with Gasteiger partial charge in [-0.2, -0.15) is 0 Å². The van der Waals surface area contributed by atoms with Crippen molar-refractivity contribution in [2.45, 2.75) is 19.8 Å². The predicted molar refractivity (Wildman–Crippen MR) is 81.4 cm³/mol. The summed E-state index contributed by atoms with van der Waals surface area (Å²) in [5.74, 6) is 0.130. The lowest BCUT2D eigenvalue weighted by atomic mass is 10.0. The van der Waals surface area contributed by atoms with E-state index in [1.165, 1.54) is 0 Å². The monoisotopic (exact) mass is 296 g/mol. The van der Waals surface area contributed by atoms with Crippen LogP contribution in [0.4, 0.5) is 0 Å². The lowest BCUT2D eigenvalue weighted by Crippen LogP contribution is -2.46. The molecule has 1 saturated heterocycles. The molecule has 1 aromatic rings. The summed E-state index contributed by atoms with van der Waals surface area (Å²) in [5, 5.41) is 3.20. The van der Waals surface area contributed by atoms with E-state index in [1.807, 2.05) is 36.1 Å². The molecule has 0 spiro atoms. The van der Waals surface area contributed by atoms with Gasteiger partial charge in [0.1, 0.15) is 0 Å². The largest absolute Gasteiger partial charge is 0.340 e. The van der Waals surface area contributed by atoms with Gasteiger partial charge in [0.25, 0.3) is 0 Å². The second kappa shape index (κ2) is 8.02. The summed E-state index contributed by atoms with van der Waals surface area (Å²) in [4.78, 5) is 25.7. The molecule has 5 heteroatoms. The Hall–Kier alpha value is -1.39. The number of hydrogen-bond acceptors (Lipinski definition) is 3. The number of rotatable bonds is 4. The number of hydrogen-bond donors (Lipinski definition) is 1. The van der Waals surface area contributed by atoms with Gasteiger partial charge in [0.2, 0.25) is 5.91 Å². The Labute approximate surface area is 125 Å². The molecule has 20 heavy (non-hydrogen) atoms. The summed E-state index contributed by atoms with van der Waals surface area (Å²) in [6, 6.07) is 7.50. The maximum atomic E-state index is 12.0. The number of aryl methyl sites for hydroxylation is 1. The van der Waals surface area contributed by atoms with Crippen molar-refractivity contribution in [2.24, 2.45) is 0 Å². The van der Waals surface area contributed by atoms with Gasteiger partial charge in [-0.3, -0.25) is 9.59 Å². The molecule has 1 fully saturated rings. The van der Waals surface area contributed by atoms with Gasteiger partial charge in [-0.1, -0.05) is 29.8 Å². The van der Waals surface area contributed by atoms with Crippen LogP contribution in [0.1, 0.15) is 28.8 Å². The lowest BCUT2D eigenvalue weighted by molar-refractivity contribution is -0.131. The third kappa shape index (κ3) is 4.62. The average Bonchev–Trinajstić information content (AvgIpc) is 2.46. The number of nitrogens with zero attached hydrogens (tertiary/aromatic N) is 1. The third-order valence-corrected chi connectivity index (χ3v) is 3.41. The van der Waals surface area contributed by atoms with Crippen LogP contribution in [0.25, 0.3) is 0 Å².